The van der Waals surface area contributed by atoms with E-state index in [1.54, 1.807) is 0 Å². The third-order valence-corrected chi connectivity index (χ3v) is 6.32. The third kappa shape index (κ3) is 4.27. The number of aryl methyl sites for hydroxylation is 1. The molecule has 164 valence electrons. The van der Waals surface area contributed by atoms with Crippen LogP contribution in [-0.2, 0) is 4.84 Å². The number of hydrogen-bond donors (Lipinski definition) is 1. The fourth-order valence-corrected chi connectivity index (χ4v) is 4.58. The number of β-amino-alcohol motifs (C(OH)–C–C–N with tert-alkyl or cyclic N) is 1. The Hall–Kier alpha value is -3.15. The van der Waals surface area contributed by atoms with Crippen molar-refractivity contribution in [1.29, 1.82) is 0 Å². The number of nitrogens with zero attached hydrogens (tertiary/aromatic N) is 3. The first-order valence-corrected chi connectivity index (χ1v) is 11.3. The van der Waals surface area contributed by atoms with Gasteiger partial charge in [-0.3, -0.25) is 4.90 Å². The zero-order valence-electron chi connectivity index (χ0n) is 18.4. The van der Waals surface area contributed by atoms with Crippen LogP contribution in [0.25, 0.3) is 11.1 Å². The lowest BCUT2D eigenvalue weighted by atomic mass is 10.1. The number of hydrogen-bond acceptors (Lipinski definition) is 5. The highest BCUT2D eigenvalue weighted by molar-refractivity contribution is 6.24. The van der Waals surface area contributed by atoms with Crippen LogP contribution in [-0.4, -0.2) is 61.2 Å². The van der Waals surface area contributed by atoms with E-state index in [0.29, 0.717) is 6.54 Å². The van der Waals surface area contributed by atoms with Crippen LogP contribution in [0.4, 0.5) is 5.69 Å². The summed E-state index contributed by atoms with van der Waals surface area (Å²) in [4.78, 5) is 10.3. The molecule has 1 saturated heterocycles. The summed E-state index contributed by atoms with van der Waals surface area (Å²) in [5.41, 5.74) is 7.91. The minimum atomic E-state index is -0.572. The Bertz CT molecular complexity index is 1050. The molecule has 5 nitrogen and oxygen atoms in total. The summed E-state index contributed by atoms with van der Waals surface area (Å²) in [5, 5.41) is 15.0. The van der Waals surface area contributed by atoms with E-state index >= 15 is 0 Å². The first-order chi connectivity index (χ1) is 15.7. The number of benzene rings is 3. The normalized spacial score (nSPS) is 16.4. The maximum absolute atomic E-state index is 10.5. The van der Waals surface area contributed by atoms with Gasteiger partial charge in [0.05, 0.1) is 0 Å². The van der Waals surface area contributed by atoms with Crippen LogP contribution in [0.3, 0.4) is 0 Å². The monoisotopic (exact) mass is 427 g/mol. The number of fused-ring (bicyclic) bond motifs is 3. The molecule has 1 atom stereocenters. The van der Waals surface area contributed by atoms with Crippen LogP contribution in [0.1, 0.15) is 16.7 Å². The molecule has 0 amide bonds. The van der Waals surface area contributed by atoms with Gasteiger partial charge in [-0.25, -0.2) is 0 Å². The SMILES string of the molecule is Cc1ccc(N2CCN(C[C@H](O)CON=C3c4ccccc4-c4ccccc43)CC2)cc1. The Balaban J connectivity index is 1.15. The van der Waals surface area contributed by atoms with Gasteiger partial charge in [0.1, 0.15) is 18.4 Å². The minimum Gasteiger partial charge on any atom is -0.392 e. The van der Waals surface area contributed by atoms with Crippen molar-refractivity contribution in [2.75, 3.05) is 44.2 Å². The highest BCUT2D eigenvalue weighted by atomic mass is 16.6. The quantitative estimate of drug-likeness (QED) is 0.474. The van der Waals surface area contributed by atoms with Gasteiger partial charge < -0.3 is 14.8 Å². The highest BCUT2D eigenvalue weighted by Crippen LogP contribution is 2.36. The van der Waals surface area contributed by atoms with Crippen LogP contribution in [0, 0.1) is 6.92 Å². The number of piperazine rings is 1. The topological polar surface area (TPSA) is 48.3 Å². The van der Waals surface area contributed by atoms with E-state index in [4.69, 9.17) is 4.84 Å². The largest absolute Gasteiger partial charge is 0.392 e. The molecule has 0 saturated carbocycles. The van der Waals surface area contributed by atoms with E-state index in [-0.39, 0.29) is 6.61 Å². The molecule has 1 heterocycles. The summed E-state index contributed by atoms with van der Waals surface area (Å²) in [6.45, 7) is 6.69. The summed E-state index contributed by atoms with van der Waals surface area (Å²) in [6.07, 6.45) is -0.572. The van der Waals surface area contributed by atoms with Crippen molar-refractivity contribution in [3.8, 4) is 11.1 Å². The first-order valence-electron chi connectivity index (χ1n) is 11.3. The van der Waals surface area contributed by atoms with Gasteiger partial charge in [0, 0.05) is 49.5 Å². The lowest BCUT2D eigenvalue weighted by molar-refractivity contribution is 0.0183. The van der Waals surface area contributed by atoms with Crippen molar-refractivity contribution in [3.63, 3.8) is 0 Å². The molecule has 0 radical (unpaired) electrons. The van der Waals surface area contributed by atoms with Crippen molar-refractivity contribution in [3.05, 3.63) is 89.5 Å². The lowest BCUT2D eigenvalue weighted by Gasteiger charge is -2.36. The summed E-state index contributed by atoms with van der Waals surface area (Å²) in [5.74, 6) is 0. The van der Waals surface area contributed by atoms with Gasteiger partial charge >= 0.3 is 0 Å². The van der Waals surface area contributed by atoms with Crippen molar-refractivity contribution in [2.45, 2.75) is 13.0 Å². The zero-order valence-corrected chi connectivity index (χ0v) is 18.4. The Labute approximate surface area is 189 Å². The predicted octanol–water partition coefficient (Wildman–Crippen LogP) is 3.93. The Kier molecular flexibility index (Phi) is 5.93. The number of rotatable bonds is 6. The third-order valence-electron chi connectivity index (χ3n) is 6.32. The van der Waals surface area contributed by atoms with Gasteiger partial charge in [-0.2, -0.15) is 0 Å². The van der Waals surface area contributed by atoms with Crippen molar-refractivity contribution >= 4 is 11.4 Å². The Morgan fingerprint density at radius 1 is 0.812 bits per heavy atom. The molecule has 32 heavy (non-hydrogen) atoms. The second-order valence-electron chi connectivity index (χ2n) is 8.60. The van der Waals surface area contributed by atoms with Gasteiger partial charge in [0.15, 0.2) is 0 Å². The smallest absolute Gasteiger partial charge is 0.144 e. The van der Waals surface area contributed by atoms with Crippen molar-refractivity contribution in [1.82, 2.24) is 4.90 Å². The molecule has 1 N–H and O–H groups in total. The van der Waals surface area contributed by atoms with E-state index in [9.17, 15) is 5.11 Å². The minimum absolute atomic E-state index is 0.187. The number of aliphatic hydroxyl groups excluding tert-OH is 1. The van der Waals surface area contributed by atoms with Crippen LogP contribution in [0.5, 0.6) is 0 Å². The molecule has 3 aromatic carbocycles. The van der Waals surface area contributed by atoms with Crippen LogP contribution in [0.2, 0.25) is 0 Å². The average Bonchev–Trinajstić information content (AvgIpc) is 3.14. The number of anilines is 1. The lowest BCUT2D eigenvalue weighted by Crippen LogP contribution is -2.49. The molecule has 2 aliphatic rings. The van der Waals surface area contributed by atoms with Gasteiger partial charge in [0.25, 0.3) is 0 Å². The van der Waals surface area contributed by atoms with Gasteiger partial charge in [-0.1, -0.05) is 71.4 Å². The number of aliphatic hydroxyl groups is 1. The van der Waals surface area contributed by atoms with Gasteiger partial charge in [0.2, 0.25) is 0 Å². The van der Waals surface area contributed by atoms with Crippen LogP contribution >= 0.6 is 0 Å². The maximum Gasteiger partial charge on any atom is 0.144 e. The molecule has 1 aliphatic carbocycles. The number of oxime groups is 1. The predicted molar refractivity (Wildman–Crippen MR) is 129 cm³/mol. The van der Waals surface area contributed by atoms with Crippen LogP contribution < -0.4 is 4.90 Å². The van der Waals surface area contributed by atoms with Crippen LogP contribution in [0.15, 0.2) is 78.0 Å². The summed E-state index contributed by atoms with van der Waals surface area (Å²) >= 11 is 0. The Morgan fingerprint density at radius 3 is 1.97 bits per heavy atom. The summed E-state index contributed by atoms with van der Waals surface area (Å²) in [6, 6.07) is 25.2. The van der Waals surface area contributed by atoms with E-state index in [2.05, 4.69) is 70.4 Å². The molecule has 0 spiro atoms. The van der Waals surface area contributed by atoms with E-state index in [1.165, 1.54) is 22.4 Å². The maximum atomic E-state index is 10.5. The highest BCUT2D eigenvalue weighted by Gasteiger charge is 2.25. The van der Waals surface area contributed by atoms with Crippen molar-refractivity contribution in [2.24, 2.45) is 5.16 Å². The molecular weight excluding hydrogens is 398 g/mol. The Morgan fingerprint density at radius 2 is 1.38 bits per heavy atom. The standard InChI is InChI=1S/C27H29N3O2/c1-20-10-12-21(13-11-20)30-16-14-29(15-17-30)18-22(31)19-32-28-27-25-8-4-2-6-23(25)24-7-3-5-9-26(24)27/h2-13,22,31H,14-19H2,1H3/t22-/m0/s1. The molecule has 1 aliphatic heterocycles. The fourth-order valence-electron chi connectivity index (χ4n) is 4.58. The van der Waals surface area contributed by atoms with Gasteiger partial charge in [-0.05, 0) is 30.2 Å². The average molecular weight is 428 g/mol. The summed E-state index contributed by atoms with van der Waals surface area (Å²) in [7, 11) is 0. The van der Waals surface area contributed by atoms with E-state index < -0.39 is 6.10 Å². The molecule has 0 aromatic heterocycles. The first kappa shape index (κ1) is 20.7. The second-order valence-corrected chi connectivity index (χ2v) is 8.60. The molecule has 5 rings (SSSR count). The molecule has 0 unspecified atom stereocenters. The van der Waals surface area contributed by atoms with E-state index in [0.717, 1.165) is 43.0 Å². The molecule has 5 heteroatoms. The van der Waals surface area contributed by atoms with E-state index in [1.807, 2.05) is 24.3 Å². The summed E-state index contributed by atoms with van der Waals surface area (Å²) < 4.78 is 0. The molecule has 0 bridgehead atoms. The second kappa shape index (κ2) is 9.15. The molecule has 3 aromatic rings. The molecule has 1 fully saturated rings. The fraction of sp³-hybridized carbons (Fsp3) is 0.296. The van der Waals surface area contributed by atoms with Gasteiger partial charge in [-0.15, -0.1) is 0 Å². The van der Waals surface area contributed by atoms with Crippen molar-refractivity contribution < 1.29 is 9.94 Å². The molecular formula is C27H29N3O2. The zero-order chi connectivity index (χ0) is 21.9.